The van der Waals surface area contributed by atoms with Crippen LogP contribution in [0.5, 0.6) is 0 Å². The molecule has 1 heterocycles. The van der Waals surface area contributed by atoms with Gasteiger partial charge in [-0.25, -0.2) is 0 Å². The van der Waals surface area contributed by atoms with Crippen LogP contribution in [0.4, 0.5) is 0 Å². The van der Waals surface area contributed by atoms with Gasteiger partial charge in [-0.15, -0.1) is 6.42 Å². The first-order valence-electron chi connectivity index (χ1n) is 10.3. The van der Waals surface area contributed by atoms with Gasteiger partial charge >= 0.3 is 0 Å². The van der Waals surface area contributed by atoms with Gasteiger partial charge in [-0.05, 0) is 27.8 Å². The third-order valence-electron chi connectivity index (χ3n) is 6.17. The van der Waals surface area contributed by atoms with E-state index in [0.29, 0.717) is 0 Å². The molecule has 4 aromatic carbocycles. The lowest BCUT2D eigenvalue weighted by molar-refractivity contribution is 0.137. The minimum Gasteiger partial charge on any atom is -0.264 e. The predicted octanol–water partition coefficient (Wildman–Crippen LogP) is 6.17. The molecule has 5 rings (SSSR count). The Labute approximate surface area is 178 Å². The zero-order chi connectivity index (χ0) is 20.4. The van der Waals surface area contributed by atoms with Gasteiger partial charge in [0.25, 0.3) is 0 Å². The highest BCUT2D eigenvalue weighted by Gasteiger charge is 2.47. The van der Waals surface area contributed by atoms with Crippen LogP contribution in [0.25, 0.3) is 0 Å². The van der Waals surface area contributed by atoms with E-state index in [1.807, 2.05) is 0 Å². The number of rotatable bonds is 4. The molecule has 1 aliphatic heterocycles. The molecule has 1 unspecified atom stereocenters. The molecular formula is C29H23N. The zero-order valence-electron chi connectivity index (χ0n) is 16.8. The molecule has 30 heavy (non-hydrogen) atoms. The predicted molar refractivity (Wildman–Crippen MR) is 123 cm³/mol. The first-order chi connectivity index (χ1) is 14.9. The summed E-state index contributed by atoms with van der Waals surface area (Å²) in [6, 6.07) is 40.7. The van der Waals surface area contributed by atoms with E-state index in [4.69, 9.17) is 6.42 Å². The molecule has 1 aliphatic rings. The molecule has 0 spiro atoms. The molecule has 0 bridgehead atoms. The number of terminal acetylenes is 1. The van der Waals surface area contributed by atoms with Gasteiger partial charge in [0.05, 0.1) is 11.6 Å². The Balaban J connectivity index is 1.85. The normalized spacial score (nSPS) is 16.0. The van der Waals surface area contributed by atoms with Gasteiger partial charge in [0.15, 0.2) is 0 Å². The van der Waals surface area contributed by atoms with E-state index < -0.39 is 5.54 Å². The summed E-state index contributed by atoms with van der Waals surface area (Å²) < 4.78 is 0. The highest BCUT2D eigenvalue weighted by Crippen LogP contribution is 2.50. The Morgan fingerprint density at radius 3 is 1.53 bits per heavy atom. The third kappa shape index (κ3) is 2.77. The molecule has 144 valence electrons. The van der Waals surface area contributed by atoms with E-state index in [0.717, 1.165) is 6.54 Å². The molecule has 0 amide bonds. The third-order valence-corrected chi connectivity index (χ3v) is 6.17. The van der Waals surface area contributed by atoms with Crippen molar-refractivity contribution in [2.45, 2.75) is 18.1 Å². The fourth-order valence-electron chi connectivity index (χ4n) is 4.92. The van der Waals surface area contributed by atoms with Crippen LogP contribution in [0.1, 0.15) is 33.9 Å². The lowest BCUT2D eigenvalue weighted by Crippen LogP contribution is -2.46. The number of hydrogen-bond acceptors (Lipinski definition) is 1. The average molecular weight is 386 g/mol. The van der Waals surface area contributed by atoms with Gasteiger partial charge in [0.2, 0.25) is 0 Å². The van der Waals surface area contributed by atoms with Gasteiger partial charge in [-0.1, -0.05) is 121 Å². The maximum absolute atomic E-state index is 6.18. The molecule has 1 nitrogen and oxygen atoms in total. The van der Waals surface area contributed by atoms with Gasteiger partial charge < -0.3 is 0 Å². The summed E-state index contributed by atoms with van der Waals surface area (Å²) in [6.07, 6.45) is 6.18. The van der Waals surface area contributed by atoms with Gasteiger partial charge in [0, 0.05) is 6.54 Å². The van der Waals surface area contributed by atoms with Crippen molar-refractivity contribution >= 4 is 0 Å². The Kier molecular flexibility index (Phi) is 4.71. The van der Waals surface area contributed by atoms with Crippen LogP contribution in [0.2, 0.25) is 0 Å². The topological polar surface area (TPSA) is 3.24 Å². The number of benzene rings is 4. The first-order valence-corrected chi connectivity index (χ1v) is 10.3. The van der Waals surface area contributed by atoms with Crippen molar-refractivity contribution in [3.63, 3.8) is 0 Å². The average Bonchev–Trinajstić information content (AvgIpc) is 3.20. The second kappa shape index (κ2) is 7.67. The van der Waals surface area contributed by atoms with E-state index in [1.165, 1.54) is 27.8 Å². The number of nitrogens with zero attached hydrogens (tertiary/aromatic N) is 1. The Morgan fingerprint density at radius 1 is 0.633 bits per heavy atom. The molecule has 0 saturated carbocycles. The van der Waals surface area contributed by atoms with Gasteiger partial charge in [-0.3, -0.25) is 4.90 Å². The highest BCUT2D eigenvalue weighted by molar-refractivity contribution is 5.53. The molecule has 0 N–H and O–H groups in total. The largest absolute Gasteiger partial charge is 0.264 e. The van der Waals surface area contributed by atoms with Crippen molar-refractivity contribution < 1.29 is 0 Å². The zero-order valence-corrected chi connectivity index (χ0v) is 16.8. The molecule has 0 aromatic heterocycles. The first kappa shape index (κ1) is 18.4. The van der Waals surface area contributed by atoms with E-state index in [9.17, 15) is 0 Å². The number of hydrogen-bond donors (Lipinski definition) is 0. The van der Waals surface area contributed by atoms with Crippen molar-refractivity contribution in [2.75, 3.05) is 0 Å². The van der Waals surface area contributed by atoms with Crippen molar-refractivity contribution in [1.29, 1.82) is 0 Å². The molecule has 0 radical (unpaired) electrons. The summed E-state index contributed by atoms with van der Waals surface area (Å²) >= 11 is 0. The molecule has 1 atom stereocenters. The van der Waals surface area contributed by atoms with Crippen molar-refractivity contribution in [1.82, 2.24) is 4.90 Å². The Bertz CT molecular complexity index is 1080. The summed E-state index contributed by atoms with van der Waals surface area (Å²) in [4.78, 5) is 2.48. The van der Waals surface area contributed by atoms with Crippen molar-refractivity contribution in [3.05, 3.63) is 143 Å². The fraction of sp³-hybridized carbons (Fsp3) is 0.103. The quantitative estimate of drug-likeness (QED) is 0.300. The van der Waals surface area contributed by atoms with Crippen LogP contribution in [0, 0.1) is 12.3 Å². The summed E-state index contributed by atoms with van der Waals surface area (Å²) in [6.45, 7) is 0.795. The van der Waals surface area contributed by atoms with Gasteiger partial charge in [-0.2, -0.15) is 0 Å². The maximum Gasteiger partial charge on any atom is 0.0988 e. The van der Waals surface area contributed by atoms with E-state index in [-0.39, 0.29) is 6.04 Å². The fourth-order valence-corrected chi connectivity index (χ4v) is 4.92. The molecule has 0 aliphatic carbocycles. The molecule has 0 fully saturated rings. The SMILES string of the molecule is C#CC1c2ccccc2CN1C(c1ccccc1)(c1ccccc1)c1ccccc1. The summed E-state index contributed by atoms with van der Waals surface area (Å²) in [5.41, 5.74) is 5.68. The van der Waals surface area contributed by atoms with Gasteiger partial charge in [0.1, 0.15) is 0 Å². The lowest BCUT2D eigenvalue weighted by Gasteiger charge is -2.45. The second-order valence-corrected chi connectivity index (χ2v) is 7.70. The Hall–Kier alpha value is -3.60. The Morgan fingerprint density at radius 2 is 1.07 bits per heavy atom. The maximum atomic E-state index is 6.18. The molecule has 1 heteroatoms. The van der Waals surface area contributed by atoms with Crippen molar-refractivity contribution in [3.8, 4) is 12.3 Å². The second-order valence-electron chi connectivity index (χ2n) is 7.70. The lowest BCUT2D eigenvalue weighted by atomic mass is 9.75. The van der Waals surface area contributed by atoms with E-state index >= 15 is 0 Å². The molecule has 0 saturated heterocycles. The minimum absolute atomic E-state index is 0.109. The van der Waals surface area contributed by atoms with Crippen LogP contribution in [0.15, 0.2) is 115 Å². The number of fused-ring (bicyclic) bond motifs is 1. The van der Waals surface area contributed by atoms with Crippen LogP contribution in [0.3, 0.4) is 0 Å². The van der Waals surface area contributed by atoms with E-state index in [2.05, 4.69) is 126 Å². The van der Waals surface area contributed by atoms with Crippen LogP contribution < -0.4 is 0 Å². The van der Waals surface area contributed by atoms with Crippen LogP contribution in [-0.2, 0) is 12.1 Å². The summed E-state index contributed by atoms with van der Waals surface area (Å²) in [5.74, 6) is 3.11. The monoisotopic (exact) mass is 385 g/mol. The molecule has 4 aromatic rings. The highest BCUT2D eigenvalue weighted by atomic mass is 15.2. The van der Waals surface area contributed by atoms with Crippen LogP contribution >= 0.6 is 0 Å². The van der Waals surface area contributed by atoms with Crippen molar-refractivity contribution in [2.24, 2.45) is 0 Å². The molecular weight excluding hydrogens is 362 g/mol. The smallest absolute Gasteiger partial charge is 0.0988 e. The van der Waals surface area contributed by atoms with E-state index in [1.54, 1.807) is 0 Å². The summed E-state index contributed by atoms with van der Waals surface area (Å²) in [5, 5.41) is 0. The van der Waals surface area contributed by atoms with Crippen LogP contribution in [-0.4, -0.2) is 4.90 Å². The minimum atomic E-state index is -0.500. The standard InChI is InChI=1S/C29H23N/c1-2-28-27-21-13-12-14-23(27)22-30(28)29(24-15-6-3-7-16-24,25-17-8-4-9-18-25)26-19-10-5-11-20-26/h1,3-21,28H,22H2. The summed E-state index contributed by atoms with van der Waals surface area (Å²) in [7, 11) is 0.